The van der Waals surface area contributed by atoms with Gasteiger partial charge in [0, 0.05) is 11.8 Å². The highest BCUT2D eigenvalue weighted by atomic mass is 16.1. The molecule has 0 atom stereocenters. The maximum Gasteiger partial charge on any atom is 0.279 e. The number of aromatic nitrogens is 4. The number of rotatable bonds is 4. The van der Waals surface area contributed by atoms with E-state index in [0.717, 1.165) is 0 Å². The maximum absolute atomic E-state index is 12.0. The van der Waals surface area contributed by atoms with Crippen LogP contribution >= 0.6 is 0 Å². The molecule has 108 valence electrons. The van der Waals surface area contributed by atoms with Crippen molar-refractivity contribution in [1.29, 1.82) is 0 Å². The second-order valence-electron chi connectivity index (χ2n) is 4.34. The molecule has 0 saturated heterocycles. The van der Waals surface area contributed by atoms with Crippen LogP contribution in [0.25, 0.3) is 11.3 Å². The van der Waals surface area contributed by atoms with E-state index in [4.69, 9.17) is 0 Å². The SMILES string of the molecule is O=c1[nH]c(NN=Cc2ccccn2)nnc1-c1ccccc1. The molecule has 0 amide bonds. The minimum absolute atomic E-state index is 0.164. The topological polar surface area (TPSA) is 95.9 Å². The van der Waals surface area contributed by atoms with Crippen molar-refractivity contribution in [3.8, 4) is 11.3 Å². The number of hydrogen-bond acceptors (Lipinski definition) is 6. The van der Waals surface area contributed by atoms with Crippen molar-refractivity contribution in [2.75, 3.05) is 5.43 Å². The van der Waals surface area contributed by atoms with Crippen LogP contribution in [-0.4, -0.2) is 26.4 Å². The van der Waals surface area contributed by atoms with E-state index >= 15 is 0 Å². The zero-order chi connectivity index (χ0) is 15.2. The Hall–Kier alpha value is -3.35. The van der Waals surface area contributed by atoms with E-state index < -0.39 is 0 Å². The Kier molecular flexibility index (Phi) is 3.96. The molecule has 3 aromatic rings. The molecule has 2 heterocycles. The van der Waals surface area contributed by atoms with Crippen molar-refractivity contribution < 1.29 is 0 Å². The van der Waals surface area contributed by atoms with Gasteiger partial charge in [-0.25, -0.2) is 5.43 Å². The largest absolute Gasteiger partial charge is 0.288 e. The van der Waals surface area contributed by atoms with Crippen LogP contribution in [0.4, 0.5) is 5.95 Å². The first-order valence-electron chi connectivity index (χ1n) is 6.55. The van der Waals surface area contributed by atoms with Gasteiger partial charge in [-0.1, -0.05) is 36.4 Å². The minimum Gasteiger partial charge on any atom is -0.288 e. The van der Waals surface area contributed by atoms with Crippen molar-refractivity contribution in [2.45, 2.75) is 0 Å². The van der Waals surface area contributed by atoms with Crippen LogP contribution in [0.3, 0.4) is 0 Å². The molecule has 0 radical (unpaired) electrons. The average Bonchev–Trinajstić information content (AvgIpc) is 2.57. The van der Waals surface area contributed by atoms with Gasteiger partial charge in [0.25, 0.3) is 5.56 Å². The number of aromatic amines is 1. The number of H-pyrrole nitrogens is 1. The van der Waals surface area contributed by atoms with E-state index in [9.17, 15) is 4.79 Å². The van der Waals surface area contributed by atoms with E-state index in [1.165, 1.54) is 6.21 Å². The van der Waals surface area contributed by atoms with Gasteiger partial charge < -0.3 is 0 Å². The molecule has 0 unspecified atom stereocenters. The molecule has 0 spiro atoms. The Morgan fingerprint density at radius 1 is 1.05 bits per heavy atom. The smallest absolute Gasteiger partial charge is 0.279 e. The van der Waals surface area contributed by atoms with E-state index in [1.54, 1.807) is 24.4 Å². The molecule has 0 aliphatic carbocycles. The first-order valence-corrected chi connectivity index (χ1v) is 6.55. The van der Waals surface area contributed by atoms with Crippen molar-refractivity contribution >= 4 is 12.2 Å². The molecule has 7 nitrogen and oxygen atoms in total. The zero-order valence-electron chi connectivity index (χ0n) is 11.5. The summed E-state index contributed by atoms with van der Waals surface area (Å²) in [7, 11) is 0. The van der Waals surface area contributed by atoms with Crippen molar-refractivity contribution in [3.05, 3.63) is 70.8 Å². The lowest BCUT2D eigenvalue weighted by Crippen LogP contribution is -2.15. The lowest BCUT2D eigenvalue weighted by molar-refractivity contribution is 0.947. The van der Waals surface area contributed by atoms with Crippen LogP contribution in [0.1, 0.15) is 5.69 Å². The molecule has 2 N–H and O–H groups in total. The molecule has 22 heavy (non-hydrogen) atoms. The van der Waals surface area contributed by atoms with E-state index in [-0.39, 0.29) is 17.2 Å². The predicted molar refractivity (Wildman–Crippen MR) is 83.5 cm³/mol. The number of anilines is 1. The fraction of sp³-hybridized carbons (Fsp3) is 0. The molecule has 7 heteroatoms. The molecular weight excluding hydrogens is 280 g/mol. The highest BCUT2D eigenvalue weighted by Crippen LogP contribution is 2.10. The third kappa shape index (κ3) is 3.21. The summed E-state index contributed by atoms with van der Waals surface area (Å²) >= 11 is 0. The summed E-state index contributed by atoms with van der Waals surface area (Å²) in [5.41, 5.74) is 3.93. The number of hydrogen-bond donors (Lipinski definition) is 2. The fourth-order valence-corrected chi connectivity index (χ4v) is 1.78. The number of nitrogens with one attached hydrogen (secondary N) is 2. The van der Waals surface area contributed by atoms with Gasteiger partial charge in [-0.3, -0.25) is 14.8 Å². The summed E-state index contributed by atoms with van der Waals surface area (Å²) in [6.07, 6.45) is 3.18. The highest BCUT2D eigenvalue weighted by molar-refractivity contribution is 5.77. The summed E-state index contributed by atoms with van der Waals surface area (Å²) < 4.78 is 0. The lowest BCUT2D eigenvalue weighted by atomic mass is 10.2. The van der Waals surface area contributed by atoms with Gasteiger partial charge in [-0.2, -0.15) is 5.10 Å². The molecular formula is C15H12N6O. The number of benzene rings is 1. The summed E-state index contributed by atoms with van der Waals surface area (Å²) in [5, 5.41) is 11.8. The second-order valence-corrected chi connectivity index (χ2v) is 4.34. The van der Waals surface area contributed by atoms with Gasteiger partial charge in [0.05, 0.1) is 11.9 Å². The van der Waals surface area contributed by atoms with Crippen molar-refractivity contribution in [3.63, 3.8) is 0 Å². The first-order chi connectivity index (χ1) is 10.8. The van der Waals surface area contributed by atoms with Crippen molar-refractivity contribution in [1.82, 2.24) is 20.2 Å². The first kappa shape index (κ1) is 13.6. The predicted octanol–water partition coefficient (Wildman–Crippen LogP) is 1.67. The number of pyridine rings is 1. The Morgan fingerprint density at radius 2 is 1.86 bits per heavy atom. The van der Waals surface area contributed by atoms with E-state index in [1.807, 2.05) is 30.3 Å². The third-order valence-electron chi connectivity index (χ3n) is 2.80. The number of hydrazone groups is 1. The summed E-state index contributed by atoms with van der Waals surface area (Å²) in [4.78, 5) is 18.7. The summed E-state index contributed by atoms with van der Waals surface area (Å²) in [6.45, 7) is 0. The Morgan fingerprint density at radius 3 is 2.59 bits per heavy atom. The molecule has 1 aromatic carbocycles. The standard InChI is InChI=1S/C15H12N6O/c22-14-13(11-6-2-1-3-7-11)19-21-15(18-14)20-17-10-12-8-4-5-9-16-12/h1-10H,(H2,18,20,21,22). The van der Waals surface area contributed by atoms with Gasteiger partial charge in [0.1, 0.15) is 0 Å². The van der Waals surface area contributed by atoms with Crippen LogP contribution in [0.2, 0.25) is 0 Å². The zero-order valence-corrected chi connectivity index (χ0v) is 11.5. The second kappa shape index (κ2) is 6.40. The lowest BCUT2D eigenvalue weighted by Gasteiger charge is -2.01. The van der Waals surface area contributed by atoms with Crippen LogP contribution in [0.5, 0.6) is 0 Å². The molecule has 0 aliphatic rings. The normalized spacial score (nSPS) is 10.7. The molecule has 0 saturated carbocycles. The molecule has 0 bridgehead atoms. The van der Waals surface area contributed by atoms with Crippen LogP contribution in [-0.2, 0) is 0 Å². The summed E-state index contributed by atoms with van der Waals surface area (Å²) in [5.74, 6) is 0.164. The van der Waals surface area contributed by atoms with Crippen LogP contribution in [0, 0.1) is 0 Å². The van der Waals surface area contributed by atoms with Gasteiger partial charge in [-0.05, 0) is 12.1 Å². The highest BCUT2D eigenvalue weighted by Gasteiger charge is 2.06. The third-order valence-corrected chi connectivity index (χ3v) is 2.80. The van der Waals surface area contributed by atoms with Crippen LogP contribution in [0.15, 0.2) is 64.6 Å². The quantitative estimate of drug-likeness (QED) is 0.563. The maximum atomic E-state index is 12.0. The van der Waals surface area contributed by atoms with E-state index in [0.29, 0.717) is 11.3 Å². The van der Waals surface area contributed by atoms with Gasteiger partial charge in [0.2, 0.25) is 5.95 Å². The monoisotopic (exact) mass is 292 g/mol. The minimum atomic E-state index is -0.336. The molecule has 2 aromatic heterocycles. The molecule has 3 rings (SSSR count). The van der Waals surface area contributed by atoms with Gasteiger partial charge in [0.15, 0.2) is 5.69 Å². The Balaban J connectivity index is 1.76. The number of nitrogens with zero attached hydrogens (tertiary/aromatic N) is 4. The average molecular weight is 292 g/mol. The van der Waals surface area contributed by atoms with Gasteiger partial charge in [-0.15, -0.1) is 10.2 Å². The molecule has 0 aliphatic heterocycles. The van der Waals surface area contributed by atoms with Crippen molar-refractivity contribution in [2.24, 2.45) is 5.10 Å². The molecule has 0 fully saturated rings. The van der Waals surface area contributed by atoms with Crippen LogP contribution < -0.4 is 11.0 Å². The van der Waals surface area contributed by atoms with Gasteiger partial charge >= 0.3 is 0 Å². The Labute approximate surface area is 125 Å². The Bertz CT molecular complexity index is 829. The summed E-state index contributed by atoms with van der Waals surface area (Å²) in [6, 6.07) is 14.6. The fourth-order valence-electron chi connectivity index (χ4n) is 1.78. The van der Waals surface area contributed by atoms with E-state index in [2.05, 4.69) is 30.7 Å².